The molecule has 0 bridgehead atoms. The Bertz CT molecular complexity index is 414. The zero-order chi connectivity index (χ0) is 13.4. The second kappa shape index (κ2) is 4.51. The molecule has 0 saturated heterocycles. The second-order valence-corrected chi connectivity index (χ2v) is 5.92. The lowest BCUT2D eigenvalue weighted by Gasteiger charge is -2.22. The summed E-state index contributed by atoms with van der Waals surface area (Å²) in [5.74, 6) is -1.21. The number of carboxylic acids is 1. The fourth-order valence-corrected chi connectivity index (χ4v) is 2.09. The molecule has 0 aliphatic heterocycles. The van der Waals surface area contributed by atoms with Crippen LogP contribution in [-0.2, 0) is 17.3 Å². The molecule has 0 aliphatic carbocycles. The first kappa shape index (κ1) is 13.7. The van der Waals surface area contributed by atoms with E-state index in [1.807, 2.05) is 27.1 Å². The summed E-state index contributed by atoms with van der Waals surface area (Å²) in [7, 11) is 1.83. The number of aromatic nitrogens is 2. The molecule has 0 amide bonds. The summed E-state index contributed by atoms with van der Waals surface area (Å²) >= 11 is 0. The van der Waals surface area contributed by atoms with Crippen molar-refractivity contribution in [3.63, 3.8) is 0 Å². The first-order chi connectivity index (χ1) is 7.64. The van der Waals surface area contributed by atoms with Gasteiger partial charge in [-0.25, -0.2) is 0 Å². The van der Waals surface area contributed by atoms with Crippen molar-refractivity contribution >= 4 is 5.97 Å². The molecule has 4 heteroatoms. The minimum absolute atomic E-state index is 0.0535. The highest BCUT2D eigenvalue weighted by atomic mass is 16.4. The van der Waals surface area contributed by atoms with E-state index in [9.17, 15) is 9.90 Å². The van der Waals surface area contributed by atoms with Crippen molar-refractivity contribution < 1.29 is 9.90 Å². The van der Waals surface area contributed by atoms with E-state index in [-0.39, 0.29) is 11.3 Å². The van der Waals surface area contributed by atoms with Gasteiger partial charge in [-0.2, -0.15) is 5.10 Å². The lowest BCUT2D eigenvalue weighted by atomic mass is 9.81. The molecule has 0 radical (unpaired) electrons. The lowest BCUT2D eigenvalue weighted by Crippen LogP contribution is -2.22. The maximum absolute atomic E-state index is 11.4. The molecule has 4 nitrogen and oxygen atoms in total. The monoisotopic (exact) mass is 238 g/mol. The van der Waals surface area contributed by atoms with Gasteiger partial charge in [0, 0.05) is 24.2 Å². The van der Waals surface area contributed by atoms with Crippen molar-refractivity contribution in [2.45, 2.75) is 46.0 Å². The van der Waals surface area contributed by atoms with Crippen LogP contribution in [0.2, 0.25) is 0 Å². The fraction of sp³-hybridized carbons (Fsp3) is 0.692. The number of carboxylic acid groups (broad SMARTS) is 1. The van der Waals surface area contributed by atoms with Crippen molar-refractivity contribution in [3.05, 3.63) is 17.5 Å². The predicted molar refractivity (Wildman–Crippen MR) is 67.1 cm³/mol. The van der Waals surface area contributed by atoms with E-state index in [4.69, 9.17) is 0 Å². The number of hydrogen-bond donors (Lipinski definition) is 1. The zero-order valence-corrected chi connectivity index (χ0v) is 11.5. The number of aliphatic carboxylic acids is 1. The van der Waals surface area contributed by atoms with Crippen LogP contribution in [0.4, 0.5) is 0 Å². The number of nitrogens with zero attached hydrogens (tertiary/aromatic N) is 2. The number of aryl methyl sites for hydroxylation is 1. The van der Waals surface area contributed by atoms with Gasteiger partial charge in [-0.05, 0) is 5.92 Å². The molecule has 1 aromatic heterocycles. The molecule has 96 valence electrons. The predicted octanol–water partition coefficient (Wildman–Crippen LogP) is 2.54. The van der Waals surface area contributed by atoms with Crippen LogP contribution in [0, 0.1) is 5.92 Å². The molecule has 1 rings (SSSR count). The summed E-state index contributed by atoms with van der Waals surface area (Å²) in [5.41, 5.74) is 1.57. The molecule has 0 aliphatic rings. The molecular weight excluding hydrogens is 216 g/mol. The third-order valence-corrected chi connectivity index (χ3v) is 2.84. The minimum Gasteiger partial charge on any atom is -0.481 e. The van der Waals surface area contributed by atoms with E-state index in [0.717, 1.165) is 11.3 Å². The van der Waals surface area contributed by atoms with E-state index in [2.05, 4.69) is 25.9 Å². The highest BCUT2D eigenvalue weighted by Gasteiger charge is 2.32. The Kier molecular flexibility index (Phi) is 3.65. The van der Waals surface area contributed by atoms with Crippen LogP contribution in [0.1, 0.15) is 51.8 Å². The molecule has 1 aromatic rings. The van der Waals surface area contributed by atoms with Crippen molar-refractivity contribution in [2.24, 2.45) is 13.0 Å². The smallest absolute Gasteiger partial charge is 0.311 e. The van der Waals surface area contributed by atoms with Gasteiger partial charge in [0.15, 0.2) is 0 Å². The van der Waals surface area contributed by atoms with Gasteiger partial charge in [0.05, 0.1) is 11.6 Å². The Morgan fingerprint density at radius 1 is 1.41 bits per heavy atom. The molecule has 1 N–H and O–H groups in total. The average Bonchev–Trinajstić information content (AvgIpc) is 2.44. The number of carbonyl (C=O) groups is 1. The highest BCUT2D eigenvalue weighted by molar-refractivity contribution is 5.76. The highest BCUT2D eigenvalue weighted by Crippen LogP contribution is 2.33. The first-order valence-corrected chi connectivity index (χ1v) is 5.91. The molecule has 0 aromatic carbocycles. The van der Waals surface area contributed by atoms with Crippen LogP contribution in [-0.4, -0.2) is 20.9 Å². The number of rotatable bonds is 3. The molecule has 0 fully saturated rings. The standard InChI is InChI=1S/C13H22N2O2/c1-8(2)10(12(16)17)9-7-15(6)14-11(9)13(3,4)5/h7-8,10H,1-6H3,(H,16,17). The summed E-state index contributed by atoms with van der Waals surface area (Å²) in [5, 5.41) is 13.8. The van der Waals surface area contributed by atoms with Gasteiger partial charge in [0.1, 0.15) is 0 Å². The Morgan fingerprint density at radius 2 is 1.94 bits per heavy atom. The van der Waals surface area contributed by atoms with Crippen LogP contribution in [0.15, 0.2) is 6.20 Å². The minimum atomic E-state index is -0.779. The van der Waals surface area contributed by atoms with Crippen LogP contribution in [0.5, 0.6) is 0 Å². The van der Waals surface area contributed by atoms with E-state index < -0.39 is 11.9 Å². The second-order valence-electron chi connectivity index (χ2n) is 5.92. The van der Waals surface area contributed by atoms with E-state index in [1.54, 1.807) is 4.68 Å². The summed E-state index contributed by atoms with van der Waals surface area (Å²) in [4.78, 5) is 11.4. The van der Waals surface area contributed by atoms with E-state index >= 15 is 0 Å². The Balaban J connectivity index is 3.34. The topological polar surface area (TPSA) is 55.1 Å². The summed E-state index contributed by atoms with van der Waals surface area (Å²) < 4.78 is 1.70. The Morgan fingerprint density at radius 3 is 2.29 bits per heavy atom. The maximum atomic E-state index is 11.4. The third kappa shape index (κ3) is 2.87. The van der Waals surface area contributed by atoms with Gasteiger partial charge in [-0.1, -0.05) is 34.6 Å². The van der Waals surface area contributed by atoms with Gasteiger partial charge in [0.25, 0.3) is 0 Å². The summed E-state index contributed by atoms with van der Waals surface area (Å²) in [6, 6.07) is 0. The third-order valence-electron chi connectivity index (χ3n) is 2.84. The summed E-state index contributed by atoms with van der Waals surface area (Å²) in [6.45, 7) is 10.0. The SMILES string of the molecule is CC(C)C(C(=O)O)c1cn(C)nc1C(C)(C)C. The molecule has 1 atom stereocenters. The van der Waals surface area contributed by atoms with Gasteiger partial charge in [-0.3, -0.25) is 9.48 Å². The van der Waals surface area contributed by atoms with Gasteiger partial charge < -0.3 is 5.11 Å². The molecule has 0 spiro atoms. The van der Waals surface area contributed by atoms with Crippen molar-refractivity contribution in [2.75, 3.05) is 0 Å². The van der Waals surface area contributed by atoms with Gasteiger partial charge in [-0.15, -0.1) is 0 Å². The van der Waals surface area contributed by atoms with Crippen LogP contribution in [0.3, 0.4) is 0 Å². The van der Waals surface area contributed by atoms with Crippen LogP contribution >= 0.6 is 0 Å². The molecular formula is C13H22N2O2. The van der Waals surface area contributed by atoms with Crippen LogP contribution < -0.4 is 0 Å². The van der Waals surface area contributed by atoms with Crippen molar-refractivity contribution in [1.82, 2.24) is 9.78 Å². The maximum Gasteiger partial charge on any atom is 0.311 e. The van der Waals surface area contributed by atoms with Crippen molar-refractivity contribution in [1.29, 1.82) is 0 Å². The Hall–Kier alpha value is -1.32. The quantitative estimate of drug-likeness (QED) is 0.880. The first-order valence-electron chi connectivity index (χ1n) is 5.91. The van der Waals surface area contributed by atoms with E-state index in [1.165, 1.54) is 0 Å². The lowest BCUT2D eigenvalue weighted by molar-refractivity contribution is -0.139. The summed E-state index contributed by atoms with van der Waals surface area (Å²) in [6.07, 6.45) is 1.83. The van der Waals surface area contributed by atoms with Gasteiger partial charge >= 0.3 is 5.97 Å². The molecule has 1 heterocycles. The molecule has 0 saturated carbocycles. The fourth-order valence-electron chi connectivity index (χ4n) is 2.09. The average molecular weight is 238 g/mol. The number of hydrogen-bond acceptors (Lipinski definition) is 2. The zero-order valence-electron chi connectivity index (χ0n) is 11.5. The molecule has 1 unspecified atom stereocenters. The Labute approximate surface area is 103 Å². The van der Waals surface area contributed by atoms with Gasteiger partial charge in [0.2, 0.25) is 0 Å². The van der Waals surface area contributed by atoms with Crippen molar-refractivity contribution in [3.8, 4) is 0 Å². The van der Waals surface area contributed by atoms with E-state index in [0.29, 0.717) is 0 Å². The molecule has 17 heavy (non-hydrogen) atoms. The van der Waals surface area contributed by atoms with Crippen LogP contribution in [0.25, 0.3) is 0 Å². The largest absolute Gasteiger partial charge is 0.481 e. The normalized spacial score (nSPS) is 14.1.